The van der Waals surface area contributed by atoms with Gasteiger partial charge in [0.15, 0.2) is 0 Å². The van der Waals surface area contributed by atoms with Gasteiger partial charge in [0.25, 0.3) is 0 Å². The summed E-state index contributed by atoms with van der Waals surface area (Å²) in [5.74, 6) is -0.796. The van der Waals surface area contributed by atoms with Crippen LogP contribution in [0.15, 0.2) is 30.3 Å². The Morgan fingerprint density at radius 1 is 0.933 bits per heavy atom. The Balaban J connectivity index is 0.000000853. The summed E-state index contributed by atoms with van der Waals surface area (Å²) in [6.45, 7) is 0. The second-order valence-corrected chi connectivity index (χ2v) is 3.28. The predicted molar refractivity (Wildman–Crippen MR) is 51.4 cm³/mol. The molecule has 3 rings (SSSR count). The van der Waals surface area contributed by atoms with E-state index in [0.717, 1.165) is 10.8 Å². The van der Waals surface area contributed by atoms with Crippen molar-refractivity contribution in [3.63, 3.8) is 0 Å². The summed E-state index contributed by atoms with van der Waals surface area (Å²) in [5.41, 5.74) is 1.03. The van der Waals surface area contributed by atoms with Crippen molar-refractivity contribution in [3.8, 4) is 0 Å². The summed E-state index contributed by atoms with van der Waals surface area (Å²) in [7, 11) is 0. The van der Waals surface area contributed by atoms with Crippen molar-refractivity contribution in [2.75, 3.05) is 0 Å². The predicted octanol–water partition coefficient (Wildman–Crippen LogP) is 2.02. The summed E-state index contributed by atoms with van der Waals surface area (Å²) < 4.78 is 0. The first kappa shape index (κ1) is 10.7. The normalized spacial score (nSPS) is 13.1. The molecule has 0 atom stereocenters. The molecule has 0 saturated heterocycles. The Morgan fingerprint density at radius 3 is 2.33 bits per heavy atom. The number of ketones is 2. The number of hydrogen-bond donors (Lipinski definition) is 0. The van der Waals surface area contributed by atoms with Crippen LogP contribution in [0.5, 0.6) is 0 Å². The molecular formula is C12H5O2Y-. The average molecular weight is 270 g/mol. The fraction of sp³-hybridized carbons (Fsp3) is 0. The maximum atomic E-state index is 11.5. The number of carbonyl (C=O) groups excluding carboxylic acids is 2. The van der Waals surface area contributed by atoms with Gasteiger partial charge < -0.3 is 0 Å². The van der Waals surface area contributed by atoms with E-state index in [1.165, 1.54) is 0 Å². The van der Waals surface area contributed by atoms with Crippen LogP contribution in [-0.4, -0.2) is 11.6 Å². The van der Waals surface area contributed by atoms with Crippen molar-refractivity contribution in [2.24, 2.45) is 0 Å². The fourth-order valence-electron chi connectivity index (χ4n) is 1.88. The third kappa shape index (κ3) is 1.32. The van der Waals surface area contributed by atoms with Crippen molar-refractivity contribution in [3.05, 3.63) is 47.5 Å². The van der Waals surface area contributed by atoms with E-state index in [9.17, 15) is 9.59 Å². The quantitative estimate of drug-likeness (QED) is 0.542. The Hall–Kier alpha value is -0.856. The summed E-state index contributed by atoms with van der Waals surface area (Å²) in [4.78, 5) is 23.0. The van der Waals surface area contributed by atoms with Crippen molar-refractivity contribution in [2.45, 2.75) is 0 Å². The molecule has 0 saturated carbocycles. The first-order valence-electron chi connectivity index (χ1n) is 4.31. The van der Waals surface area contributed by atoms with Crippen LogP contribution >= 0.6 is 0 Å². The van der Waals surface area contributed by atoms with Gasteiger partial charge in [-0.25, -0.2) is 0 Å². The largest absolute Gasteiger partial charge is 0.287 e. The van der Waals surface area contributed by atoms with Crippen LogP contribution in [0.2, 0.25) is 0 Å². The molecular weight excluding hydrogens is 265 g/mol. The van der Waals surface area contributed by atoms with E-state index >= 15 is 0 Å². The molecule has 1 aliphatic rings. The average Bonchev–Trinajstić information content (AvgIpc) is 2.47. The maximum absolute atomic E-state index is 11.5. The van der Waals surface area contributed by atoms with Crippen molar-refractivity contribution < 1.29 is 42.3 Å². The van der Waals surface area contributed by atoms with Gasteiger partial charge in [-0.05, 0) is 11.1 Å². The van der Waals surface area contributed by atoms with E-state index in [1.54, 1.807) is 24.3 Å². The SMILES string of the molecule is O=C1C(=O)c2cccc3[c-]ccc1c23.[Y]. The summed E-state index contributed by atoms with van der Waals surface area (Å²) in [5, 5.41) is 1.59. The number of Topliss-reactive ketones (excluding diaryl/α,β-unsaturated/α-hetero) is 2. The second-order valence-electron chi connectivity index (χ2n) is 3.28. The molecule has 0 amide bonds. The molecule has 1 radical (unpaired) electrons. The molecule has 15 heavy (non-hydrogen) atoms. The van der Waals surface area contributed by atoms with Gasteiger partial charge >= 0.3 is 0 Å². The summed E-state index contributed by atoms with van der Waals surface area (Å²) in [6, 6.07) is 11.7. The molecule has 0 fully saturated rings. The van der Waals surface area contributed by atoms with Gasteiger partial charge in [0.1, 0.15) is 0 Å². The van der Waals surface area contributed by atoms with Crippen molar-refractivity contribution in [1.29, 1.82) is 0 Å². The summed E-state index contributed by atoms with van der Waals surface area (Å²) in [6.07, 6.45) is 0. The second kappa shape index (κ2) is 3.62. The molecule has 0 aromatic heterocycles. The van der Waals surface area contributed by atoms with Crippen LogP contribution in [0.1, 0.15) is 20.7 Å². The molecule has 1 aliphatic carbocycles. The van der Waals surface area contributed by atoms with Crippen LogP contribution in [0.3, 0.4) is 0 Å². The van der Waals surface area contributed by atoms with Gasteiger partial charge in [0, 0.05) is 32.7 Å². The Bertz CT molecular complexity index is 538. The van der Waals surface area contributed by atoms with Crippen LogP contribution in [0, 0.1) is 6.07 Å². The van der Waals surface area contributed by atoms with Gasteiger partial charge in [0.05, 0.1) is 0 Å². The van der Waals surface area contributed by atoms with E-state index in [0.29, 0.717) is 11.1 Å². The third-order valence-electron chi connectivity index (χ3n) is 2.52. The van der Waals surface area contributed by atoms with Gasteiger partial charge in [0.2, 0.25) is 11.6 Å². The Labute approximate surface area is 112 Å². The zero-order valence-corrected chi connectivity index (χ0v) is 10.6. The van der Waals surface area contributed by atoms with Crippen LogP contribution in [0.4, 0.5) is 0 Å². The van der Waals surface area contributed by atoms with E-state index < -0.39 is 11.6 Å². The number of benzene rings is 2. The smallest absolute Gasteiger partial charge is 0.223 e. The first-order chi connectivity index (χ1) is 6.79. The molecule has 0 unspecified atom stereocenters. The molecule has 2 aromatic rings. The standard InChI is InChI=1S/C12H5O2.Y/c13-11-8-5-1-3-7-4-2-6-9(10(7)8)12(11)14;/h1-3,5-6H;/q-1;. The Morgan fingerprint density at radius 2 is 1.60 bits per heavy atom. The maximum Gasteiger partial charge on any atom is 0.223 e. The zero-order chi connectivity index (χ0) is 9.71. The van der Waals surface area contributed by atoms with Gasteiger partial charge in [-0.15, -0.1) is 35.7 Å². The monoisotopic (exact) mass is 270 g/mol. The molecule has 2 aromatic carbocycles. The molecule has 0 aliphatic heterocycles. The van der Waals surface area contributed by atoms with Gasteiger partial charge in [-0.3, -0.25) is 9.59 Å². The molecule has 69 valence electrons. The minimum Gasteiger partial charge on any atom is -0.287 e. The number of hydrogen-bond acceptors (Lipinski definition) is 2. The van der Waals surface area contributed by atoms with Crippen LogP contribution in [-0.2, 0) is 32.7 Å². The van der Waals surface area contributed by atoms with E-state index in [2.05, 4.69) is 6.07 Å². The van der Waals surface area contributed by atoms with E-state index in [4.69, 9.17) is 0 Å². The number of carbonyl (C=O) groups is 2. The molecule has 3 heteroatoms. The van der Waals surface area contributed by atoms with Crippen molar-refractivity contribution >= 4 is 22.3 Å². The minimum absolute atomic E-state index is 0. The fourth-order valence-corrected chi connectivity index (χ4v) is 1.88. The van der Waals surface area contributed by atoms with Crippen molar-refractivity contribution in [1.82, 2.24) is 0 Å². The van der Waals surface area contributed by atoms with Gasteiger partial charge in [-0.1, -0.05) is 11.5 Å². The molecule has 0 spiro atoms. The molecule has 0 bridgehead atoms. The molecule has 2 nitrogen and oxygen atoms in total. The van der Waals surface area contributed by atoms with Crippen LogP contribution in [0.25, 0.3) is 10.8 Å². The topological polar surface area (TPSA) is 34.1 Å². The van der Waals surface area contributed by atoms with E-state index in [-0.39, 0.29) is 32.7 Å². The van der Waals surface area contributed by atoms with E-state index in [1.807, 2.05) is 6.07 Å². The molecule has 0 N–H and O–H groups in total. The van der Waals surface area contributed by atoms with Gasteiger partial charge in [-0.2, -0.15) is 0 Å². The summed E-state index contributed by atoms with van der Waals surface area (Å²) >= 11 is 0. The third-order valence-corrected chi connectivity index (χ3v) is 2.52. The minimum atomic E-state index is -0.398. The first-order valence-corrected chi connectivity index (χ1v) is 4.31. The Kier molecular flexibility index (Phi) is 2.57. The molecule has 0 heterocycles. The van der Waals surface area contributed by atoms with Crippen LogP contribution < -0.4 is 0 Å². The zero-order valence-electron chi connectivity index (χ0n) is 7.78. The number of rotatable bonds is 0.